The van der Waals surface area contributed by atoms with Gasteiger partial charge in [0, 0.05) is 17.7 Å². The molecular weight excluding hydrogens is 314 g/mol. The first kappa shape index (κ1) is 15.5. The highest BCUT2D eigenvalue weighted by Crippen LogP contribution is 2.30. The van der Waals surface area contributed by atoms with Crippen LogP contribution in [-0.4, -0.2) is 30.3 Å². The van der Waals surface area contributed by atoms with Gasteiger partial charge < -0.3 is 9.47 Å². The highest BCUT2D eigenvalue weighted by molar-refractivity contribution is 5.95. The highest BCUT2D eigenvalue weighted by Gasteiger charge is 2.14. The highest BCUT2D eigenvalue weighted by atomic mass is 16.6. The molecule has 0 aliphatic carbocycles. The van der Waals surface area contributed by atoms with Crippen LogP contribution in [0.4, 0.5) is 5.69 Å². The van der Waals surface area contributed by atoms with E-state index in [1.165, 1.54) is 30.5 Å². The molecule has 0 unspecified atom stereocenters. The monoisotopic (exact) mass is 327 g/mol. The van der Waals surface area contributed by atoms with E-state index in [2.05, 4.69) is 10.5 Å². The molecular formula is C16H13N3O5. The van der Waals surface area contributed by atoms with Crippen molar-refractivity contribution in [3.05, 3.63) is 63.7 Å². The van der Waals surface area contributed by atoms with Gasteiger partial charge in [0.1, 0.15) is 13.2 Å². The van der Waals surface area contributed by atoms with E-state index in [-0.39, 0.29) is 5.69 Å². The summed E-state index contributed by atoms with van der Waals surface area (Å²) in [5.74, 6) is 0.727. The van der Waals surface area contributed by atoms with Gasteiger partial charge in [0.25, 0.3) is 11.6 Å². The van der Waals surface area contributed by atoms with Gasteiger partial charge in [-0.05, 0) is 35.9 Å². The summed E-state index contributed by atoms with van der Waals surface area (Å²) in [4.78, 5) is 22.1. The zero-order valence-electron chi connectivity index (χ0n) is 12.5. The average molecular weight is 327 g/mol. The normalized spacial score (nSPS) is 12.8. The second kappa shape index (κ2) is 6.78. The fourth-order valence-corrected chi connectivity index (χ4v) is 2.10. The number of hydrogen-bond acceptors (Lipinski definition) is 6. The molecule has 1 N–H and O–H groups in total. The Morgan fingerprint density at radius 3 is 2.54 bits per heavy atom. The Morgan fingerprint density at radius 2 is 1.83 bits per heavy atom. The summed E-state index contributed by atoms with van der Waals surface area (Å²) in [6, 6.07) is 10.7. The van der Waals surface area contributed by atoms with Gasteiger partial charge in [0.2, 0.25) is 0 Å². The summed E-state index contributed by atoms with van der Waals surface area (Å²) in [7, 11) is 0. The number of hydrazone groups is 1. The van der Waals surface area contributed by atoms with E-state index in [1.807, 2.05) is 0 Å². The summed E-state index contributed by atoms with van der Waals surface area (Å²) in [5.41, 5.74) is 3.40. The van der Waals surface area contributed by atoms with Crippen LogP contribution in [0.25, 0.3) is 0 Å². The molecule has 1 aliphatic rings. The van der Waals surface area contributed by atoms with Crippen molar-refractivity contribution in [2.24, 2.45) is 5.10 Å². The van der Waals surface area contributed by atoms with Crippen molar-refractivity contribution in [1.29, 1.82) is 0 Å². The number of nitrogens with one attached hydrogen (secondary N) is 1. The zero-order chi connectivity index (χ0) is 16.9. The van der Waals surface area contributed by atoms with Crippen LogP contribution in [0.1, 0.15) is 15.9 Å². The van der Waals surface area contributed by atoms with Crippen molar-refractivity contribution >= 4 is 17.8 Å². The minimum atomic E-state index is -0.482. The van der Waals surface area contributed by atoms with Crippen LogP contribution >= 0.6 is 0 Å². The zero-order valence-corrected chi connectivity index (χ0v) is 12.5. The van der Waals surface area contributed by atoms with Crippen LogP contribution in [0.3, 0.4) is 0 Å². The fourth-order valence-electron chi connectivity index (χ4n) is 2.10. The van der Waals surface area contributed by atoms with Crippen molar-refractivity contribution in [3.8, 4) is 11.5 Å². The van der Waals surface area contributed by atoms with E-state index in [0.717, 1.165) is 0 Å². The maximum absolute atomic E-state index is 12.1. The van der Waals surface area contributed by atoms with Crippen LogP contribution in [0.2, 0.25) is 0 Å². The van der Waals surface area contributed by atoms with Crippen LogP contribution in [0, 0.1) is 10.1 Å². The van der Waals surface area contributed by atoms with E-state index in [0.29, 0.717) is 35.8 Å². The number of rotatable bonds is 4. The quantitative estimate of drug-likeness (QED) is 0.526. The smallest absolute Gasteiger partial charge is 0.271 e. The molecule has 122 valence electrons. The van der Waals surface area contributed by atoms with E-state index in [1.54, 1.807) is 18.2 Å². The number of carbonyl (C=O) groups excluding carboxylic acids is 1. The number of ether oxygens (including phenoxy) is 2. The second-order valence-corrected chi connectivity index (χ2v) is 4.91. The van der Waals surface area contributed by atoms with Crippen LogP contribution in [0.5, 0.6) is 11.5 Å². The second-order valence-electron chi connectivity index (χ2n) is 4.91. The van der Waals surface area contributed by atoms with Crippen molar-refractivity contribution < 1.29 is 19.2 Å². The molecule has 0 atom stereocenters. The Labute approximate surface area is 136 Å². The lowest BCUT2D eigenvalue weighted by Gasteiger charge is -2.18. The maximum atomic E-state index is 12.1. The largest absolute Gasteiger partial charge is 0.486 e. The Kier molecular flexibility index (Phi) is 4.37. The van der Waals surface area contributed by atoms with Crippen LogP contribution in [-0.2, 0) is 0 Å². The third-order valence-corrected chi connectivity index (χ3v) is 3.29. The molecule has 1 heterocycles. The number of nitro benzene ring substituents is 1. The van der Waals surface area contributed by atoms with E-state index < -0.39 is 10.8 Å². The molecule has 0 saturated carbocycles. The van der Waals surface area contributed by atoms with Gasteiger partial charge in [0.05, 0.1) is 11.1 Å². The molecule has 8 heteroatoms. The standard InChI is InChI=1S/C16H13N3O5/c20-16(12-3-6-14-15(9-12)24-8-7-23-14)18-17-10-11-1-4-13(5-2-11)19(21)22/h1-6,9-10H,7-8H2,(H,18,20)/b17-10+. The first-order chi connectivity index (χ1) is 11.6. The number of non-ortho nitro benzene ring substituents is 1. The van der Waals surface area contributed by atoms with Crippen molar-refractivity contribution in [2.45, 2.75) is 0 Å². The molecule has 0 fully saturated rings. The number of nitrogens with zero attached hydrogens (tertiary/aromatic N) is 2. The Balaban J connectivity index is 1.63. The van der Waals surface area contributed by atoms with Crippen LogP contribution < -0.4 is 14.9 Å². The number of benzene rings is 2. The lowest BCUT2D eigenvalue weighted by Crippen LogP contribution is -2.19. The summed E-state index contributed by atoms with van der Waals surface area (Å²) < 4.78 is 10.8. The lowest BCUT2D eigenvalue weighted by molar-refractivity contribution is -0.384. The summed E-state index contributed by atoms with van der Waals surface area (Å²) in [6.45, 7) is 0.925. The molecule has 3 rings (SSSR count). The fraction of sp³-hybridized carbons (Fsp3) is 0.125. The minimum absolute atomic E-state index is 0.00698. The maximum Gasteiger partial charge on any atom is 0.271 e. The number of amides is 1. The van der Waals surface area contributed by atoms with E-state index in [4.69, 9.17) is 9.47 Å². The molecule has 2 aromatic carbocycles. The predicted octanol–water partition coefficient (Wildman–Crippen LogP) is 2.13. The molecule has 1 amide bonds. The molecule has 0 radical (unpaired) electrons. The number of nitro groups is 1. The van der Waals surface area contributed by atoms with Crippen molar-refractivity contribution in [2.75, 3.05) is 13.2 Å². The third kappa shape index (κ3) is 3.49. The molecule has 24 heavy (non-hydrogen) atoms. The van der Waals surface area contributed by atoms with Gasteiger partial charge >= 0.3 is 0 Å². The Hall–Kier alpha value is -3.42. The van der Waals surface area contributed by atoms with Gasteiger partial charge in [-0.25, -0.2) is 5.43 Å². The van der Waals surface area contributed by atoms with E-state index in [9.17, 15) is 14.9 Å². The molecule has 0 saturated heterocycles. The minimum Gasteiger partial charge on any atom is -0.486 e. The van der Waals surface area contributed by atoms with Gasteiger partial charge in [-0.3, -0.25) is 14.9 Å². The molecule has 8 nitrogen and oxygen atoms in total. The molecule has 0 bridgehead atoms. The molecule has 2 aromatic rings. The molecule has 0 aromatic heterocycles. The summed E-state index contributed by atoms with van der Waals surface area (Å²) >= 11 is 0. The first-order valence-electron chi connectivity index (χ1n) is 7.11. The Morgan fingerprint density at radius 1 is 1.12 bits per heavy atom. The SMILES string of the molecule is O=C(N/N=C/c1ccc([N+](=O)[O-])cc1)c1ccc2c(c1)OCCO2. The van der Waals surface area contributed by atoms with Crippen LogP contribution in [0.15, 0.2) is 47.6 Å². The van der Waals surface area contributed by atoms with Crippen molar-refractivity contribution in [3.63, 3.8) is 0 Å². The number of carbonyl (C=O) groups is 1. The lowest BCUT2D eigenvalue weighted by atomic mass is 10.2. The van der Waals surface area contributed by atoms with Gasteiger partial charge in [-0.2, -0.15) is 5.10 Å². The number of hydrogen-bond donors (Lipinski definition) is 1. The van der Waals surface area contributed by atoms with Gasteiger partial charge in [0.15, 0.2) is 11.5 Å². The average Bonchev–Trinajstić information content (AvgIpc) is 2.61. The Bertz CT molecular complexity index is 802. The number of fused-ring (bicyclic) bond motifs is 1. The van der Waals surface area contributed by atoms with E-state index >= 15 is 0 Å². The van der Waals surface area contributed by atoms with Gasteiger partial charge in [-0.1, -0.05) is 0 Å². The summed E-state index contributed by atoms with van der Waals surface area (Å²) in [6.07, 6.45) is 1.40. The van der Waals surface area contributed by atoms with Gasteiger partial charge in [-0.15, -0.1) is 0 Å². The molecule has 0 spiro atoms. The van der Waals surface area contributed by atoms with Crippen molar-refractivity contribution in [1.82, 2.24) is 5.43 Å². The first-order valence-corrected chi connectivity index (χ1v) is 7.11. The topological polar surface area (TPSA) is 103 Å². The third-order valence-electron chi connectivity index (χ3n) is 3.29. The molecule has 1 aliphatic heterocycles. The summed E-state index contributed by atoms with van der Waals surface area (Å²) in [5, 5.41) is 14.4. The predicted molar refractivity (Wildman–Crippen MR) is 85.6 cm³/mol.